The van der Waals surface area contributed by atoms with Crippen LogP contribution in [0, 0.1) is 5.82 Å². The highest BCUT2D eigenvalue weighted by Crippen LogP contribution is 2.25. The minimum absolute atomic E-state index is 0.101. The third-order valence-electron chi connectivity index (χ3n) is 3.28. The van der Waals surface area contributed by atoms with Crippen LogP contribution >= 0.6 is 11.6 Å². The van der Waals surface area contributed by atoms with Crippen molar-refractivity contribution in [1.82, 2.24) is 4.90 Å². The number of benzene rings is 1. The summed E-state index contributed by atoms with van der Waals surface area (Å²) in [5.41, 5.74) is -0.356. The van der Waals surface area contributed by atoms with Gasteiger partial charge in [-0.3, -0.25) is 4.79 Å². The van der Waals surface area contributed by atoms with Crippen molar-refractivity contribution in [2.24, 2.45) is 5.14 Å². The van der Waals surface area contributed by atoms with Crippen molar-refractivity contribution in [3.05, 3.63) is 28.5 Å². The van der Waals surface area contributed by atoms with E-state index >= 15 is 0 Å². The second-order valence-corrected chi connectivity index (χ2v) is 6.59. The van der Waals surface area contributed by atoms with Gasteiger partial charge in [0.25, 0.3) is 5.91 Å². The smallest absolute Gasteiger partial charge is 0.257 e. The predicted molar refractivity (Wildman–Crippen MR) is 79.2 cm³/mol. The third-order valence-corrected chi connectivity index (χ3v) is 4.66. The minimum atomic E-state index is -4.13. The second-order valence-electron chi connectivity index (χ2n) is 4.66. The molecule has 0 saturated carbocycles. The maximum atomic E-state index is 14.0. The zero-order valence-electron chi connectivity index (χ0n) is 12.1. The Hall–Kier alpha value is -1.18. The molecule has 1 rings (SSSR count). The number of nitrogens with two attached hydrogens (primary N) is 1. The van der Waals surface area contributed by atoms with Crippen molar-refractivity contribution < 1.29 is 17.6 Å². The van der Waals surface area contributed by atoms with Crippen LogP contribution in [0.4, 0.5) is 4.39 Å². The van der Waals surface area contributed by atoms with Gasteiger partial charge in [0.2, 0.25) is 10.0 Å². The largest absolute Gasteiger partial charge is 0.336 e. The monoisotopic (exact) mass is 336 g/mol. The second kappa shape index (κ2) is 6.72. The zero-order valence-corrected chi connectivity index (χ0v) is 13.6. The molecule has 1 aromatic carbocycles. The van der Waals surface area contributed by atoms with Crippen LogP contribution in [0.3, 0.4) is 0 Å². The van der Waals surface area contributed by atoms with Crippen molar-refractivity contribution in [3.8, 4) is 0 Å². The number of amides is 1. The van der Waals surface area contributed by atoms with E-state index < -0.39 is 26.6 Å². The Morgan fingerprint density at radius 1 is 1.43 bits per heavy atom. The minimum Gasteiger partial charge on any atom is -0.336 e. The molecule has 0 radical (unpaired) electrons. The molecule has 118 valence electrons. The van der Waals surface area contributed by atoms with Crippen LogP contribution in [-0.2, 0) is 10.0 Å². The van der Waals surface area contributed by atoms with Gasteiger partial charge in [-0.05, 0) is 32.4 Å². The fourth-order valence-electron chi connectivity index (χ4n) is 1.94. The van der Waals surface area contributed by atoms with Crippen LogP contribution in [0.5, 0.6) is 0 Å². The summed E-state index contributed by atoms with van der Waals surface area (Å²) < 4.78 is 36.8. The summed E-state index contributed by atoms with van der Waals surface area (Å²) in [7, 11) is -4.13. The molecule has 1 amide bonds. The Bertz CT molecular complexity index is 649. The molecule has 0 heterocycles. The molecule has 0 aliphatic rings. The lowest BCUT2D eigenvalue weighted by molar-refractivity contribution is 0.0695. The molecular weight excluding hydrogens is 319 g/mol. The molecule has 0 spiro atoms. The zero-order chi connectivity index (χ0) is 16.4. The Morgan fingerprint density at radius 3 is 2.43 bits per heavy atom. The van der Waals surface area contributed by atoms with Crippen molar-refractivity contribution in [1.29, 1.82) is 0 Å². The molecule has 1 aromatic rings. The molecule has 0 fully saturated rings. The van der Waals surface area contributed by atoms with E-state index in [1.165, 1.54) is 4.90 Å². The normalized spacial score (nSPS) is 13.0. The van der Waals surface area contributed by atoms with Gasteiger partial charge in [0.15, 0.2) is 0 Å². The van der Waals surface area contributed by atoms with Gasteiger partial charge in [-0.25, -0.2) is 17.9 Å². The lowest BCUT2D eigenvalue weighted by atomic mass is 10.1. The number of carbonyl (C=O) groups excluding carboxylic acids is 1. The van der Waals surface area contributed by atoms with E-state index in [1.54, 1.807) is 6.92 Å². The van der Waals surface area contributed by atoms with Gasteiger partial charge in [0.1, 0.15) is 10.7 Å². The summed E-state index contributed by atoms with van der Waals surface area (Å²) >= 11 is 5.67. The summed E-state index contributed by atoms with van der Waals surface area (Å²) in [6.07, 6.45) is 0.691. The maximum absolute atomic E-state index is 14.0. The van der Waals surface area contributed by atoms with Crippen LogP contribution < -0.4 is 5.14 Å². The van der Waals surface area contributed by atoms with Crippen molar-refractivity contribution in [2.45, 2.75) is 38.1 Å². The van der Waals surface area contributed by atoms with Crippen LogP contribution in [0.2, 0.25) is 5.02 Å². The van der Waals surface area contributed by atoms with Crippen LogP contribution in [0.15, 0.2) is 17.0 Å². The summed E-state index contributed by atoms with van der Waals surface area (Å²) in [4.78, 5) is 13.4. The van der Waals surface area contributed by atoms with E-state index in [1.807, 2.05) is 13.8 Å². The van der Waals surface area contributed by atoms with Gasteiger partial charge < -0.3 is 4.90 Å². The number of sulfonamides is 1. The molecule has 21 heavy (non-hydrogen) atoms. The van der Waals surface area contributed by atoms with E-state index in [0.29, 0.717) is 13.0 Å². The summed E-state index contributed by atoms with van der Waals surface area (Å²) in [5.74, 6) is -1.47. The number of nitrogens with zero attached hydrogens (tertiary/aromatic N) is 1. The highest BCUT2D eigenvalue weighted by atomic mass is 35.5. The topological polar surface area (TPSA) is 80.5 Å². The molecule has 0 bridgehead atoms. The molecule has 0 aromatic heterocycles. The van der Waals surface area contributed by atoms with E-state index in [4.69, 9.17) is 16.7 Å². The molecule has 0 saturated heterocycles. The number of rotatable bonds is 5. The van der Waals surface area contributed by atoms with E-state index in [2.05, 4.69) is 0 Å². The first-order chi connectivity index (χ1) is 9.63. The maximum Gasteiger partial charge on any atom is 0.257 e. The number of primary sulfonamides is 1. The molecule has 0 aliphatic carbocycles. The van der Waals surface area contributed by atoms with Gasteiger partial charge in [-0.1, -0.05) is 18.5 Å². The van der Waals surface area contributed by atoms with E-state index in [9.17, 15) is 17.6 Å². The van der Waals surface area contributed by atoms with E-state index in [-0.39, 0.29) is 16.6 Å². The average Bonchev–Trinajstić information content (AvgIpc) is 2.37. The highest BCUT2D eigenvalue weighted by Gasteiger charge is 2.25. The lowest BCUT2D eigenvalue weighted by Crippen LogP contribution is -2.38. The highest BCUT2D eigenvalue weighted by molar-refractivity contribution is 7.89. The predicted octanol–water partition coefficient (Wildman–Crippen LogP) is 2.39. The first-order valence-electron chi connectivity index (χ1n) is 6.46. The standard InChI is InChI=1S/C13H18ClFN2O3S/c1-4-8(3)17(5-2)13(18)9-6-12(21(16,19)20)10(14)7-11(9)15/h6-8H,4-5H2,1-3H3,(H2,16,19,20). The van der Waals surface area contributed by atoms with Gasteiger partial charge in [0.05, 0.1) is 10.6 Å². The Kier molecular flexibility index (Phi) is 5.72. The summed E-state index contributed by atoms with van der Waals surface area (Å²) in [6.45, 7) is 5.86. The molecule has 2 N–H and O–H groups in total. The summed E-state index contributed by atoms with van der Waals surface area (Å²) in [6, 6.07) is 1.58. The first-order valence-corrected chi connectivity index (χ1v) is 8.38. The average molecular weight is 337 g/mol. The SMILES string of the molecule is CCC(C)N(CC)C(=O)c1cc(S(N)(=O)=O)c(Cl)cc1F. The van der Waals surface area contributed by atoms with Crippen molar-refractivity contribution >= 4 is 27.5 Å². The molecule has 8 heteroatoms. The van der Waals surface area contributed by atoms with Crippen LogP contribution in [0.25, 0.3) is 0 Å². The number of hydrogen-bond acceptors (Lipinski definition) is 3. The third kappa shape index (κ3) is 3.93. The molecule has 5 nitrogen and oxygen atoms in total. The van der Waals surface area contributed by atoms with Crippen molar-refractivity contribution in [3.63, 3.8) is 0 Å². The Labute approximate surface area is 128 Å². The number of hydrogen-bond donors (Lipinski definition) is 1. The first kappa shape index (κ1) is 17.9. The fraction of sp³-hybridized carbons (Fsp3) is 0.462. The van der Waals surface area contributed by atoms with Crippen molar-refractivity contribution in [2.75, 3.05) is 6.54 Å². The summed E-state index contributed by atoms with van der Waals surface area (Å²) in [5, 5.41) is 4.66. The van der Waals surface area contributed by atoms with Gasteiger partial charge in [-0.2, -0.15) is 0 Å². The van der Waals surface area contributed by atoms with E-state index in [0.717, 1.165) is 12.1 Å². The van der Waals surface area contributed by atoms with Gasteiger partial charge in [0, 0.05) is 12.6 Å². The molecular formula is C13H18ClFN2O3S. The molecule has 1 atom stereocenters. The molecule has 1 unspecified atom stereocenters. The number of halogens is 2. The van der Waals surface area contributed by atoms with Gasteiger partial charge in [-0.15, -0.1) is 0 Å². The quantitative estimate of drug-likeness (QED) is 0.896. The van der Waals surface area contributed by atoms with Gasteiger partial charge >= 0.3 is 0 Å². The van der Waals surface area contributed by atoms with Crippen LogP contribution in [-0.4, -0.2) is 31.8 Å². The Balaban J connectivity index is 3.40. The fourth-order valence-corrected chi connectivity index (χ4v) is 3.03. The number of carbonyl (C=O) groups is 1. The Morgan fingerprint density at radius 2 is 2.00 bits per heavy atom. The van der Waals surface area contributed by atoms with Crippen LogP contribution in [0.1, 0.15) is 37.6 Å². The lowest BCUT2D eigenvalue weighted by Gasteiger charge is -2.27. The molecule has 0 aliphatic heterocycles.